The van der Waals surface area contributed by atoms with E-state index in [1.807, 2.05) is 38.1 Å². The molecule has 22 heavy (non-hydrogen) atoms. The molecule has 1 heterocycles. The molecule has 0 spiro atoms. The van der Waals surface area contributed by atoms with E-state index in [1.54, 1.807) is 0 Å². The van der Waals surface area contributed by atoms with Gasteiger partial charge in [0.2, 0.25) is 5.91 Å². The van der Waals surface area contributed by atoms with Crippen LogP contribution in [0.2, 0.25) is 0 Å². The number of carbonyl (C=O) groups excluding carboxylic acids is 2. The molecule has 116 valence electrons. The average Bonchev–Trinajstić information content (AvgIpc) is 2.75. The van der Waals surface area contributed by atoms with Gasteiger partial charge >= 0.3 is 5.97 Å². The summed E-state index contributed by atoms with van der Waals surface area (Å²) in [6.45, 7) is 3.76. The number of aryl methyl sites for hydroxylation is 1. The zero-order valence-corrected chi connectivity index (χ0v) is 14.9. The Morgan fingerprint density at radius 1 is 1.23 bits per heavy atom. The maximum atomic E-state index is 12.2. The van der Waals surface area contributed by atoms with Crippen molar-refractivity contribution in [3.63, 3.8) is 0 Å². The summed E-state index contributed by atoms with van der Waals surface area (Å²) in [7, 11) is 1.34. The molecule has 2 aromatic rings. The molecule has 1 aromatic heterocycles. The van der Waals surface area contributed by atoms with Crippen LogP contribution in [-0.2, 0) is 16.0 Å². The van der Waals surface area contributed by atoms with Gasteiger partial charge in [-0.2, -0.15) is 0 Å². The molecule has 4 nitrogen and oxygen atoms in total. The van der Waals surface area contributed by atoms with Crippen molar-refractivity contribution in [1.82, 2.24) is 0 Å². The molecule has 1 N–H and O–H groups in total. The number of nitrogens with one attached hydrogen (secondary N) is 1. The fraction of sp³-hybridized carbons (Fsp3) is 0.250. The zero-order valence-electron chi connectivity index (χ0n) is 12.5. The third-order valence-electron chi connectivity index (χ3n) is 3.31. The molecule has 0 aliphatic carbocycles. The second-order valence-electron chi connectivity index (χ2n) is 4.83. The minimum atomic E-state index is -0.430. The van der Waals surface area contributed by atoms with Gasteiger partial charge in [-0.25, -0.2) is 4.79 Å². The van der Waals surface area contributed by atoms with Crippen molar-refractivity contribution < 1.29 is 14.3 Å². The van der Waals surface area contributed by atoms with E-state index in [0.717, 1.165) is 20.5 Å². The maximum Gasteiger partial charge on any atom is 0.341 e. The second-order valence-corrected chi connectivity index (χ2v) is 6.97. The van der Waals surface area contributed by atoms with Gasteiger partial charge in [-0.1, -0.05) is 28.1 Å². The molecule has 0 radical (unpaired) electrons. The summed E-state index contributed by atoms with van der Waals surface area (Å²) in [6, 6.07) is 7.55. The minimum absolute atomic E-state index is 0.159. The molecule has 0 aliphatic rings. The van der Waals surface area contributed by atoms with Crippen molar-refractivity contribution >= 4 is 44.1 Å². The smallest absolute Gasteiger partial charge is 0.341 e. The Bertz CT molecular complexity index is 707. The quantitative estimate of drug-likeness (QED) is 0.811. The summed E-state index contributed by atoms with van der Waals surface area (Å²) in [4.78, 5) is 25.0. The Labute approximate surface area is 141 Å². The van der Waals surface area contributed by atoms with E-state index in [-0.39, 0.29) is 12.3 Å². The van der Waals surface area contributed by atoms with E-state index in [0.29, 0.717) is 10.6 Å². The highest BCUT2D eigenvalue weighted by molar-refractivity contribution is 9.10. The fourth-order valence-electron chi connectivity index (χ4n) is 2.02. The lowest BCUT2D eigenvalue weighted by Crippen LogP contribution is -2.16. The first-order valence-electron chi connectivity index (χ1n) is 6.65. The Balaban J connectivity index is 2.16. The number of ether oxygens (including phenoxy) is 1. The highest BCUT2D eigenvalue weighted by atomic mass is 79.9. The number of esters is 1. The van der Waals surface area contributed by atoms with Crippen LogP contribution < -0.4 is 5.32 Å². The van der Waals surface area contributed by atoms with Crippen molar-refractivity contribution in [2.75, 3.05) is 12.4 Å². The molecule has 0 bridgehead atoms. The number of methoxy groups -OCH3 is 1. The van der Waals surface area contributed by atoms with Crippen LogP contribution in [-0.4, -0.2) is 19.0 Å². The monoisotopic (exact) mass is 381 g/mol. The average molecular weight is 382 g/mol. The third kappa shape index (κ3) is 3.75. The van der Waals surface area contributed by atoms with Gasteiger partial charge < -0.3 is 10.1 Å². The summed E-state index contributed by atoms with van der Waals surface area (Å²) < 4.78 is 5.76. The van der Waals surface area contributed by atoms with E-state index in [9.17, 15) is 9.59 Å². The lowest BCUT2D eigenvalue weighted by atomic mass is 10.1. The maximum absolute atomic E-state index is 12.2. The van der Waals surface area contributed by atoms with Crippen LogP contribution >= 0.6 is 27.3 Å². The van der Waals surface area contributed by atoms with Crippen molar-refractivity contribution in [2.45, 2.75) is 20.3 Å². The number of amides is 1. The molecule has 0 atom stereocenters. The van der Waals surface area contributed by atoms with Crippen molar-refractivity contribution in [3.8, 4) is 0 Å². The molecular formula is C16H16BrNO3S. The van der Waals surface area contributed by atoms with Crippen LogP contribution in [0.1, 0.15) is 26.4 Å². The van der Waals surface area contributed by atoms with Gasteiger partial charge in [0.25, 0.3) is 0 Å². The van der Waals surface area contributed by atoms with E-state index >= 15 is 0 Å². The summed E-state index contributed by atoms with van der Waals surface area (Å²) in [5, 5.41) is 3.36. The first kappa shape index (κ1) is 16.7. The van der Waals surface area contributed by atoms with E-state index in [2.05, 4.69) is 21.2 Å². The van der Waals surface area contributed by atoms with Gasteiger partial charge in [0.15, 0.2) is 0 Å². The lowest BCUT2D eigenvalue weighted by molar-refractivity contribution is -0.115. The van der Waals surface area contributed by atoms with Crippen LogP contribution in [0.3, 0.4) is 0 Å². The Kier molecular flexibility index (Phi) is 5.37. The standard InChI is InChI=1S/C16H16BrNO3S/c1-9-10(2)22-15(14(9)16(20)21-3)18-13(19)8-11-4-6-12(17)7-5-11/h4-7H,8H2,1-3H3,(H,18,19). The van der Waals surface area contributed by atoms with Gasteiger partial charge in [0.05, 0.1) is 19.1 Å². The van der Waals surface area contributed by atoms with Crippen LogP contribution in [0, 0.1) is 13.8 Å². The predicted octanol–water partition coefficient (Wildman–Crippen LogP) is 4.10. The SMILES string of the molecule is COC(=O)c1c(NC(=O)Cc2ccc(Br)cc2)sc(C)c1C. The van der Waals surface area contributed by atoms with Crippen LogP contribution in [0.4, 0.5) is 5.00 Å². The second kappa shape index (κ2) is 7.07. The molecule has 0 unspecified atom stereocenters. The molecule has 2 rings (SSSR count). The van der Waals surface area contributed by atoms with E-state index in [4.69, 9.17) is 4.74 Å². The Morgan fingerprint density at radius 2 is 1.86 bits per heavy atom. The van der Waals surface area contributed by atoms with Gasteiger partial charge in [-0.3, -0.25) is 4.79 Å². The lowest BCUT2D eigenvalue weighted by Gasteiger charge is -2.06. The molecule has 0 fully saturated rings. The van der Waals surface area contributed by atoms with Crippen LogP contribution in [0.15, 0.2) is 28.7 Å². The number of carbonyl (C=O) groups is 2. The number of rotatable bonds is 4. The van der Waals surface area contributed by atoms with Crippen molar-refractivity contribution in [1.29, 1.82) is 0 Å². The largest absolute Gasteiger partial charge is 0.465 e. The Morgan fingerprint density at radius 3 is 2.45 bits per heavy atom. The molecule has 6 heteroatoms. The fourth-order valence-corrected chi connectivity index (χ4v) is 3.35. The number of anilines is 1. The molecule has 0 aliphatic heterocycles. The van der Waals surface area contributed by atoms with E-state index < -0.39 is 5.97 Å². The van der Waals surface area contributed by atoms with Crippen molar-refractivity contribution in [3.05, 3.63) is 50.3 Å². The third-order valence-corrected chi connectivity index (χ3v) is 4.96. The first-order chi connectivity index (χ1) is 10.4. The Hall–Kier alpha value is -1.66. The van der Waals surface area contributed by atoms with Gasteiger partial charge in [0.1, 0.15) is 5.00 Å². The zero-order chi connectivity index (χ0) is 16.3. The summed E-state index contributed by atoms with van der Waals surface area (Å²) >= 11 is 4.75. The summed E-state index contributed by atoms with van der Waals surface area (Å²) in [5.74, 6) is -0.588. The summed E-state index contributed by atoms with van der Waals surface area (Å²) in [6.07, 6.45) is 0.254. The topological polar surface area (TPSA) is 55.4 Å². The number of halogens is 1. The number of hydrogen-bond donors (Lipinski definition) is 1. The predicted molar refractivity (Wildman–Crippen MR) is 91.6 cm³/mol. The van der Waals surface area contributed by atoms with Crippen molar-refractivity contribution in [2.24, 2.45) is 0 Å². The highest BCUT2D eigenvalue weighted by Gasteiger charge is 2.21. The highest BCUT2D eigenvalue weighted by Crippen LogP contribution is 2.33. The number of hydrogen-bond acceptors (Lipinski definition) is 4. The minimum Gasteiger partial charge on any atom is -0.465 e. The molecule has 1 aromatic carbocycles. The summed E-state index contributed by atoms with van der Waals surface area (Å²) in [5.41, 5.74) is 2.19. The van der Waals surface area contributed by atoms with Crippen LogP contribution in [0.5, 0.6) is 0 Å². The van der Waals surface area contributed by atoms with Gasteiger partial charge in [-0.15, -0.1) is 11.3 Å². The molecular weight excluding hydrogens is 366 g/mol. The molecule has 0 saturated heterocycles. The first-order valence-corrected chi connectivity index (χ1v) is 8.26. The molecule has 1 amide bonds. The number of thiophene rings is 1. The van der Waals surface area contributed by atoms with Gasteiger partial charge in [0, 0.05) is 9.35 Å². The normalized spacial score (nSPS) is 10.4. The van der Waals surface area contributed by atoms with Gasteiger partial charge in [-0.05, 0) is 37.1 Å². The number of benzene rings is 1. The molecule has 0 saturated carbocycles. The van der Waals surface area contributed by atoms with E-state index in [1.165, 1.54) is 18.4 Å². The van der Waals surface area contributed by atoms with Crippen LogP contribution in [0.25, 0.3) is 0 Å².